The Morgan fingerprint density at radius 1 is 1.50 bits per heavy atom. The van der Waals surface area contributed by atoms with E-state index in [1.54, 1.807) is 13.0 Å². The van der Waals surface area contributed by atoms with E-state index >= 15 is 0 Å². The van der Waals surface area contributed by atoms with Crippen molar-refractivity contribution < 1.29 is 9.50 Å². The lowest BCUT2D eigenvalue weighted by Crippen LogP contribution is -2.26. The quantitative estimate of drug-likeness (QED) is 0.848. The molecule has 1 saturated carbocycles. The minimum absolute atomic E-state index is 0.286. The largest absolute Gasteiger partial charge is 0.389 e. The molecule has 1 N–H and O–H groups in total. The highest BCUT2D eigenvalue weighted by molar-refractivity contribution is 5.56. The van der Waals surface area contributed by atoms with Crippen molar-refractivity contribution in [1.29, 1.82) is 0 Å². The van der Waals surface area contributed by atoms with E-state index in [9.17, 15) is 9.50 Å². The summed E-state index contributed by atoms with van der Waals surface area (Å²) < 4.78 is 13.2. The average Bonchev–Trinajstić information content (AvgIpc) is 3.05. The van der Waals surface area contributed by atoms with Gasteiger partial charge in [-0.2, -0.15) is 0 Å². The molecular weight excluding hydrogens is 205 g/mol. The molecule has 1 aliphatic rings. The third kappa shape index (κ3) is 2.19. The maximum Gasteiger partial charge on any atom is 0.123 e. The van der Waals surface area contributed by atoms with Gasteiger partial charge in [-0.05, 0) is 44.9 Å². The average molecular weight is 223 g/mol. The Hall–Kier alpha value is -1.09. The Morgan fingerprint density at radius 2 is 2.19 bits per heavy atom. The number of aliphatic hydroxyl groups is 1. The molecule has 1 aromatic carbocycles. The van der Waals surface area contributed by atoms with Crippen molar-refractivity contribution >= 4 is 5.69 Å². The van der Waals surface area contributed by atoms with Gasteiger partial charge in [-0.1, -0.05) is 0 Å². The van der Waals surface area contributed by atoms with E-state index in [1.165, 1.54) is 25.0 Å². The lowest BCUT2D eigenvalue weighted by molar-refractivity contribution is 0.199. The summed E-state index contributed by atoms with van der Waals surface area (Å²) in [6, 6.07) is 5.25. The number of halogens is 1. The number of rotatable bonds is 4. The van der Waals surface area contributed by atoms with E-state index in [1.807, 2.05) is 0 Å². The predicted octanol–water partition coefficient (Wildman–Crippen LogP) is 2.87. The van der Waals surface area contributed by atoms with Crippen LogP contribution < -0.4 is 4.90 Å². The molecule has 2 nitrogen and oxygen atoms in total. The number of aliphatic hydroxyl groups excluding tert-OH is 1. The zero-order valence-electron chi connectivity index (χ0n) is 9.78. The number of hydrogen-bond acceptors (Lipinski definition) is 2. The van der Waals surface area contributed by atoms with Crippen LogP contribution >= 0.6 is 0 Å². The molecule has 0 spiro atoms. The molecule has 0 heterocycles. The van der Waals surface area contributed by atoms with E-state index in [-0.39, 0.29) is 5.82 Å². The summed E-state index contributed by atoms with van der Waals surface area (Å²) in [5, 5.41) is 9.68. The van der Waals surface area contributed by atoms with E-state index in [4.69, 9.17) is 0 Å². The van der Waals surface area contributed by atoms with Crippen molar-refractivity contribution in [3.05, 3.63) is 29.6 Å². The number of benzene rings is 1. The van der Waals surface area contributed by atoms with Crippen molar-refractivity contribution in [1.82, 2.24) is 0 Å². The van der Waals surface area contributed by atoms with Gasteiger partial charge in [-0.3, -0.25) is 0 Å². The first-order valence-corrected chi connectivity index (χ1v) is 5.87. The summed E-state index contributed by atoms with van der Waals surface area (Å²) in [4.78, 5) is 2.25. The van der Waals surface area contributed by atoms with Gasteiger partial charge in [0.1, 0.15) is 5.82 Å². The van der Waals surface area contributed by atoms with Crippen molar-refractivity contribution in [2.75, 3.05) is 11.4 Å². The van der Waals surface area contributed by atoms with Crippen molar-refractivity contribution in [2.24, 2.45) is 0 Å². The molecule has 0 saturated heterocycles. The molecule has 1 unspecified atom stereocenters. The molecule has 0 amide bonds. The molecule has 1 aromatic rings. The van der Waals surface area contributed by atoms with E-state index in [0.29, 0.717) is 11.6 Å². The van der Waals surface area contributed by atoms with Crippen LogP contribution in [-0.2, 0) is 0 Å². The predicted molar refractivity (Wildman–Crippen MR) is 63.1 cm³/mol. The Balaban J connectivity index is 2.37. The number of nitrogens with zero attached hydrogens (tertiary/aromatic N) is 1. The summed E-state index contributed by atoms with van der Waals surface area (Å²) >= 11 is 0. The highest BCUT2D eigenvalue weighted by atomic mass is 19.1. The van der Waals surface area contributed by atoms with Gasteiger partial charge in [0, 0.05) is 23.8 Å². The minimum Gasteiger partial charge on any atom is -0.389 e. The van der Waals surface area contributed by atoms with Crippen molar-refractivity contribution in [3.63, 3.8) is 0 Å². The van der Waals surface area contributed by atoms with Crippen LogP contribution in [0.3, 0.4) is 0 Å². The molecule has 3 heteroatoms. The summed E-state index contributed by atoms with van der Waals surface area (Å²) in [6.07, 6.45) is 1.77. The van der Waals surface area contributed by atoms with Gasteiger partial charge in [0.05, 0.1) is 6.10 Å². The van der Waals surface area contributed by atoms with Crippen LogP contribution in [0.5, 0.6) is 0 Å². The van der Waals surface area contributed by atoms with Crippen molar-refractivity contribution in [3.8, 4) is 0 Å². The van der Waals surface area contributed by atoms with Crippen LogP contribution in [0.1, 0.15) is 38.4 Å². The van der Waals surface area contributed by atoms with Gasteiger partial charge >= 0.3 is 0 Å². The topological polar surface area (TPSA) is 23.5 Å². The lowest BCUT2D eigenvalue weighted by atomic mass is 10.1. The lowest BCUT2D eigenvalue weighted by Gasteiger charge is -2.26. The van der Waals surface area contributed by atoms with Gasteiger partial charge in [-0.25, -0.2) is 4.39 Å². The zero-order valence-corrected chi connectivity index (χ0v) is 9.78. The summed E-state index contributed by atoms with van der Waals surface area (Å²) in [5.74, 6) is -0.286. The molecular formula is C13H18FNO. The molecule has 88 valence electrons. The maximum atomic E-state index is 13.2. The van der Waals surface area contributed by atoms with Crippen LogP contribution in [0, 0.1) is 5.82 Å². The molecule has 0 aliphatic heterocycles. The smallest absolute Gasteiger partial charge is 0.123 e. The van der Waals surface area contributed by atoms with E-state index < -0.39 is 6.10 Å². The first kappa shape index (κ1) is 11.4. The first-order valence-electron chi connectivity index (χ1n) is 5.87. The normalized spacial score (nSPS) is 17.2. The van der Waals surface area contributed by atoms with Crippen LogP contribution in [0.4, 0.5) is 10.1 Å². The van der Waals surface area contributed by atoms with Crippen LogP contribution in [0.15, 0.2) is 18.2 Å². The molecule has 2 rings (SSSR count). The summed E-state index contributed by atoms with van der Waals surface area (Å²) in [5.41, 5.74) is 1.66. The van der Waals surface area contributed by atoms with Gasteiger partial charge in [0.25, 0.3) is 0 Å². The third-order valence-corrected chi connectivity index (χ3v) is 3.08. The SMILES string of the molecule is CCN(c1ccc(F)cc1C(C)O)C1CC1. The molecule has 16 heavy (non-hydrogen) atoms. The molecule has 1 fully saturated rings. The fraction of sp³-hybridized carbons (Fsp3) is 0.538. The second-order valence-corrected chi connectivity index (χ2v) is 4.40. The highest BCUT2D eigenvalue weighted by Gasteiger charge is 2.29. The molecule has 0 aromatic heterocycles. The van der Waals surface area contributed by atoms with E-state index in [0.717, 1.165) is 12.2 Å². The summed E-state index contributed by atoms with van der Waals surface area (Å²) in [6.45, 7) is 4.67. The standard InChI is InChI=1S/C13H18FNO/c1-3-15(11-5-6-11)13-7-4-10(14)8-12(13)9(2)16/h4,7-9,11,16H,3,5-6H2,1-2H3. The Labute approximate surface area is 95.7 Å². The van der Waals surface area contributed by atoms with Crippen LogP contribution in [0.25, 0.3) is 0 Å². The van der Waals surface area contributed by atoms with Gasteiger partial charge in [-0.15, -0.1) is 0 Å². The summed E-state index contributed by atoms with van der Waals surface area (Å²) in [7, 11) is 0. The van der Waals surface area contributed by atoms with Gasteiger partial charge < -0.3 is 10.0 Å². The van der Waals surface area contributed by atoms with Gasteiger partial charge in [0.15, 0.2) is 0 Å². The van der Waals surface area contributed by atoms with Crippen LogP contribution in [-0.4, -0.2) is 17.7 Å². The number of anilines is 1. The van der Waals surface area contributed by atoms with Crippen LogP contribution in [0.2, 0.25) is 0 Å². The van der Waals surface area contributed by atoms with Gasteiger partial charge in [0.2, 0.25) is 0 Å². The molecule has 0 bridgehead atoms. The first-order chi connectivity index (χ1) is 7.63. The fourth-order valence-corrected chi connectivity index (χ4v) is 2.13. The third-order valence-electron chi connectivity index (χ3n) is 3.08. The second-order valence-electron chi connectivity index (χ2n) is 4.40. The molecule has 0 radical (unpaired) electrons. The Bertz CT molecular complexity index is 374. The monoisotopic (exact) mass is 223 g/mol. The molecule has 1 atom stereocenters. The maximum absolute atomic E-state index is 13.2. The van der Waals surface area contributed by atoms with E-state index in [2.05, 4.69) is 11.8 Å². The highest BCUT2D eigenvalue weighted by Crippen LogP contribution is 2.35. The zero-order chi connectivity index (χ0) is 11.7. The minimum atomic E-state index is -0.626. The fourth-order valence-electron chi connectivity index (χ4n) is 2.13. The second kappa shape index (κ2) is 4.42. The number of hydrogen-bond donors (Lipinski definition) is 1. The Morgan fingerprint density at radius 3 is 2.69 bits per heavy atom. The Kier molecular flexibility index (Phi) is 3.15. The van der Waals surface area contributed by atoms with Crippen molar-refractivity contribution in [2.45, 2.75) is 38.8 Å². The molecule has 1 aliphatic carbocycles.